The number of hydrogen-bond donors (Lipinski definition) is 1. The Labute approximate surface area is 106 Å². The van der Waals surface area contributed by atoms with Gasteiger partial charge in [0.25, 0.3) is 0 Å². The maximum Gasteiger partial charge on any atom is 0.0700 e. The topological polar surface area (TPSA) is 30.5 Å². The first-order chi connectivity index (χ1) is 8.30. The minimum absolute atomic E-state index is 0.363. The monoisotopic (exact) mass is 243 g/mol. The maximum absolute atomic E-state index is 6.18. The Morgan fingerprint density at radius 1 is 1.24 bits per heavy atom. The van der Waals surface area contributed by atoms with Gasteiger partial charge >= 0.3 is 0 Å². The molecule has 0 radical (unpaired) electrons. The van der Waals surface area contributed by atoms with Crippen molar-refractivity contribution < 1.29 is 9.47 Å². The normalized spacial score (nSPS) is 27.0. The van der Waals surface area contributed by atoms with Gasteiger partial charge in [0.15, 0.2) is 0 Å². The highest BCUT2D eigenvalue weighted by Gasteiger charge is 2.24. The second-order valence-electron chi connectivity index (χ2n) is 5.02. The summed E-state index contributed by atoms with van der Waals surface area (Å²) < 4.78 is 11.6. The molecule has 0 saturated heterocycles. The zero-order valence-electron chi connectivity index (χ0n) is 11.7. The van der Waals surface area contributed by atoms with Crippen LogP contribution in [0.25, 0.3) is 0 Å². The standard InChI is InChI=1S/C14H29NO2/c1-4-9-15-11-12(5-2)17-14-8-6-7-13(10-14)16-3/h12-15H,4-11H2,1-3H3. The van der Waals surface area contributed by atoms with Gasteiger partial charge in [-0.25, -0.2) is 0 Å². The van der Waals surface area contributed by atoms with Crippen LogP contribution in [-0.4, -0.2) is 38.5 Å². The van der Waals surface area contributed by atoms with Gasteiger partial charge in [-0.3, -0.25) is 0 Å². The molecule has 0 heterocycles. The van der Waals surface area contributed by atoms with Gasteiger partial charge in [-0.05, 0) is 45.1 Å². The molecule has 3 heteroatoms. The van der Waals surface area contributed by atoms with E-state index in [1.54, 1.807) is 0 Å². The molecule has 0 aromatic rings. The zero-order chi connectivity index (χ0) is 12.5. The Morgan fingerprint density at radius 3 is 2.65 bits per heavy atom. The molecule has 1 fully saturated rings. The fourth-order valence-corrected chi connectivity index (χ4v) is 2.44. The zero-order valence-corrected chi connectivity index (χ0v) is 11.7. The van der Waals surface area contributed by atoms with Crippen molar-refractivity contribution >= 4 is 0 Å². The minimum Gasteiger partial charge on any atom is -0.381 e. The Balaban J connectivity index is 2.24. The Hall–Kier alpha value is -0.120. The third kappa shape index (κ3) is 5.84. The summed E-state index contributed by atoms with van der Waals surface area (Å²) in [5.41, 5.74) is 0. The molecule has 0 amide bonds. The van der Waals surface area contributed by atoms with Crippen LogP contribution in [0.1, 0.15) is 52.4 Å². The fraction of sp³-hybridized carbons (Fsp3) is 1.00. The van der Waals surface area contributed by atoms with E-state index < -0.39 is 0 Å². The molecule has 1 N–H and O–H groups in total. The van der Waals surface area contributed by atoms with E-state index in [0.29, 0.717) is 18.3 Å². The molecule has 3 nitrogen and oxygen atoms in total. The van der Waals surface area contributed by atoms with Gasteiger partial charge in [0.1, 0.15) is 0 Å². The molecule has 1 aliphatic carbocycles. The van der Waals surface area contributed by atoms with E-state index in [4.69, 9.17) is 9.47 Å². The first kappa shape index (κ1) is 14.9. The van der Waals surface area contributed by atoms with Gasteiger partial charge in [0.05, 0.1) is 18.3 Å². The van der Waals surface area contributed by atoms with Gasteiger partial charge in [0.2, 0.25) is 0 Å². The van der Waals surface area contributed by atoms with Crippen LogP contribution < -0.4 is 5.32 Å². The number of nitrogens with one attached hydrogen (secondary N) is 1. The molecule has 3 unspecified atom stereocenters. The van der Waals surface area contributed by atoms with Crippen LogP contribution in [0.15, 0.2) is 0 Å². The first-order valence-electron chi connectivity index (χ1n) is 7.19. The highest BCUT2D eigenvalue weighted by Crippen LogP contribution is 2.24. The Bertz CT molecular complexity index is 187. The molecule has 0 aromatic heterocycles. The van der Waals surface area contributed by atoms with Gasteiger partial charge < -0.3 is 14.8 Å². The van der Waals surface area contributed by atoms with E-state index in [0.717, 1.165) is 25.9 Å². The Morgan fingerprint density at radius 2 is 2.00 bits per heavy atom. The van der Waals surface area contributed by atoms with E-state index in [9.17, 15) is 0 Å². The summed E-state index contributed by atoms with van der Waals surface area (Å²) in [5.74, 6) is 0. The summed E-state index contributed by atoms with van der Waals surface area (Å²) in [6, 6.07) is 0. The third-order valence-corrected chi connectivity index (χ3v) is 3.55. The van der Waals surface area contributed by atoms with Crippen LogP contribution in [0.4, 0.5) is 0 Å². The molecular weight excluding hydrogens is 214 g/mol. The van der Waals surface area contributed by atoms with Crippen molar-refractivity contribution in [3.63, 3.8) is 0 Å². The summed E-state index contributed by atoms with van der Waals surface area (Å²) in [4.78, 5) is 0. The van der Waals surface area contributed by atoms with Crippen molar-refractivity contribution in [1.82, 2.24) is 5.32 Å². The fourth-order valence-electron chi connectivity index (χ4n) is 2.44. The summed E-state index contributed by atoms with van der Waals surface area (Å²) in [6.45, 7) is 6.47. The van der Waals surface area contributed by atoms with E-state index in [1.807, 2.05) is 7.11 Å². The molecule has 0 aliphatic heterocycles. The smallest absolute Gasteiger partial charge is 0.0700 e. The van der Waals surface area contributed by atoms with Crippen molar-refractivity contribution in [3.05, 3.63) is 0 Å². The van der Waals surface area contributed by atoms with Gasteiger partial charge in [0, 0.05) is 13.7 Å². The average molecular weight is 243 g/mol. The SMILES string of the molecule is CCCNCC(CC)OC1CCCC(OC)C1. The van der Waals surface area contributed by atoms with Crippen LogP contribution in [0.5, 0.6) is 0 Å². The van der Waals surface area contributed by atoms with Crippen molar-refractivity contribution in [2.24, 2.45) is 0 Å². The third-order valence-electron chi connectivity index (χ3n) is 3.55. The highest BCUT2D eigenvalue weighted by atomic mass is 16.5. The van der Waals surface area contributed by atoms with Crippen LogP contribution in [0.3, 0.4) is 0 Å². The summed E-state index contributed by atoms with van der Waals surface area (Å²) in [6.07, 6.45) is 8.16. The second-order valence-corrected chi connectivity index (χ2v) is 5.02. The number of hydrogen-bond acceptors (Lipinski definition) is 3. The molecule has 3 atom stereocenters. The lowest BCUT2D eigenvalue weighted by atomic mass is 9.94. The lowest BCUT2D eigenvalue weighted by Gasteiger charge is -2.31. The molecule has 1 rings (SSSR count). The van der Waals surface area contributed by atoms with Gasteiger partial charge in [-0.2, -0.15) is 0 Å². The van der Waals surface area contributed by atoms with Crippen molar-refractivity contribution in [2.75, 3.05) is 20.2 Å². The number of rotatable bonds is 8. The van der Waals surface area contributed by atoms with Crippen molar-refractivity contribution in [3.8, 4) is 0 Å². The van der Waals surface area contributed by atoms with Crippen molar-refractivity contribution in [2.45, 2.75) is 70.7 Å². The lowest BCUT2D eigenvalue weighted by molar-refractivity contribution is -0.0648. The average Bonchev–Trinajstić information content (AvgIpc) is 2.38. The largest absolute Gasteiger partial charge is 0.381 e. The van der Waals surface area contributed by atoms with E-state index in [1.165, 1.54) is 25.7 Å². The first-order valence-corrected chi connectivity index (χ1v) is 7.19. The molecule has 17 heavy (non-hydrogen) atoms. The summed E-state index contributed by atoms with van der Waals surface area (Å²) in [7, 11) is 1.81. The van der Waals surface area contributed by atoms with Crippen LogP contribution in [0.2, 0.25) is 0 Å². The quantitative estimate of drug-likeness (QED) is 0.665. The van der Waals surface area contributed by atoms with Gasteiger partial charge in [-0.15, -0.1) is 0 Å². The molecule has 1 aliphatic rings. The van der Waals surface area contributed by atoms with Gasteiger partial charge in [-0.1, -0.05) is 13.8 Å². The van der Waals surface area contributed by atoms with E-state index >= 15 is 0 Å². The predicted octanol–water partition coefficient (Wildman–Crippen LogP) is 2.74. The predicted molar refractivity (Wildman–Crippen MR) is 71.4 cm³/mol. The number of ether oxygens (including phenoxy) is 2. The summed E-state index contributed by atoms with van der Waals surface area (Å²) in [5, 5.41) is 3.44. The Kier molecular flexibility index (Phi) is 7.82. The van der Waals surface area contributed by atoms with E-state index in [-0.39, 0.29) is 0 Å². The van der Waals surface area contributed by atoms with E-state index in [2.05, 4.69) is 19.2 Å². The number of methoxy groups -OCH3 is 1. The highest BCUT2D eigenvalue weighted by molar-refractivity contribution is 4.75. The maximum atomic E-state index is 6.18. The second kappa shape index (κ2) is 8.90. The van der Waals surface area contributed by atoms with Crippen molar-refractivity contribution in [1.29, 1.82) is 0 Å². The van der Waals surface area contributed by atoms with Crippen LogP contribution >= 0.6 is 0 Å². The molecule has 0 aromatic carbocycles. The summed E-state index contributed by atoms with van der Waals surface area (Å²) >= 11 is 0. The molecule has 0 spiro atoms. The molecule has 0 bridgehead atoms. The molecule has 102 valence electrons. The lowest BCUT2D eigenvalue weighted by Crippen LogP contribution is -2.35. The van der Waals surface area contributed by atoms with Crippen LogP contribution in [0, 0.1) is 0 Å². The van der Waals surface area contributed by atoms with Crippen LogP contribution in [-0.2, 0) is 9.47 Å². The minimum atomic E-state index is 0.363. The molecular formula is C14H29NO2. The molecule has 1 saturated carbocycles.